The average Bonchev–Trinajstić information content (AvgIpc) is 2.79. The fourth-order valence-corrected chi connectivity index (χ4v) is 4.39. The predicted octanol–water partition coefficient (Wildman–Crippen LogP) is 3.53. The molecule has 1 aliphatic rings. The Labute approximate surface area is 178 Å². The monoisotopic (exact) mass is 430 g/mol. The number of Topliss-reactive ketones (excluding diaryl/α,β-unsaturated/α-hetero) is 1. The maximum absolute atomic E-state index is 13.1. The summed E-state index contributed by atoms with van der Waals surface area (Å²) in [5.41, 5.74) is 9.33. The second kappa shape index (κ2) is 7.95. The fraction of sp³-hybridized carbons (Fsp3) is 0. The van der Waals surface area contributed by atoms with Crippen molar-refractivity contribution in [3.05, 3.63) is 113 Å². The number of allylic oxidation sites excluding steroid dienone is 1. The first kappa shape index (κ1) is 20.2. The first-order chi connectivity index (χ1) is 14.9. The van der Waals surface area contributed by atoms with Crippen molar-refractivity contribution >= 4 is 32.3 Å². The molecule has 1 aliphatic carbocycles. The zero-order valence-corrected chi connectivity index (χ0v) is 16.7. The molecule has 0 bridgehead atoms. The Hall–Kier alpha value is -4.13. The topological polar surface area (TPSA) is 114 Å². The minimum absolute atomic E-state index is 0.0635. The van der Waals surface area contributed by atoms with E-state index in [4.69, 9.17) is 9.71 Å². The molecule has 31 heavy (non-hydrogen) atoms. The molecule has 7 nitrogen and oxygen atoms in total. The Balaban J connectivity index is 1.78. The summed E-state index contributed by atoms with van der Waals surface area (Å²) in [5.74, 6) is -1.18. The number of ketones is 2. The van der Waals surface area contributed by atoms with E-state index < -0.39 is 27.4 Å². The van der Waals surface area contributed by atoms with Crippen LogP contribution in [0.1, 0.15) is 31.8 Å². The van der Waals surface area contributed by atoms with Crippen LogP contribution in [0.5, 0.6) is 5.75 Å². The van der Waals surface area contributed by atoms with Crippen LogP contribution in [0, 0.1) is 0 Å². The van der Waals surface area contributed by atoms with E-state index >= 15 is 0 Å². The molecule has 0 unspecified atom stereocenters. The van der Waals surface area contributed by atoms with Gasteiger partial charge in [-0.2, -0.15) is 13.2 Å². The second-order valence-corrected chi connectivity index (χ2v) is 8.11. The van der Waals surface area contributed by atoms with Crippen LogP contribution in [0.4, 0.5) is 0 Å². The van der Waals surface area contributed by atoms with Crippen LogP contribution in [-0.4, -0.2) is 30.5 Å². The van der Waals surface area contributed by atoms with Crippen LogP contribution in [0.25, 0.3) is 10.4 Å². The van der Waals surface area contributed by atoms with E-state index in [2.05, 4.69) is 4.79 Å². The minimum Gasteiger partial charge on any atom is -0.378 e. The van der Waals surface area contributed by atoms with Crippen molar-refractivity contribution in [1.82, 2.24) is 0 Å². The van der Waals surface area contributed by atoms with Gasteiger partial charge in [0.2, 0.25) is 0 Å². The van der Waals surface area contributed by atoms with E-state index in [9.17, 15) is 18.0 Å². The number of fused-ring (bicyclic) bond motifs is 1. The molecule has 0 atom stereocenters. The van der Waals surface area contributed by atoms with Gasteiger partial charge in [0.25, 0.3) is 5.78 Å². The van der Waals surface area contributed by atoms with Gasteiger partial charge in [-0.05, 0) is 12.1 Å². The van der Waals surface area contributed by atoms with Gasteiger partial charge in [-0.25, -0.2) is 0 Å². The lowest BCUT2D eigenvalue weighted by molar-refractivity contribution is -0.00437. The van der Waals surface area contributed by atoms with E-state index in [0.717, 1.165) is 6.08 Å². The number of benzene rings is 3. The highest BCUT2D eigenvalue weighted by atomic mass is 32.2. The molecule has 0 N–H and O–H groups in total. The van der Waals surface area contributed by atoms with Crippen molar-refractivity contribution < 1.29 is 27.0 Å². The lowest BCUT2D eigenvalue weighted by atomic mass is 9.95. The number of hydrogen-bond donors (Lipinski definition) is 0. The Morgan fingerprint density at radius 1 is 0.839 bits per heavy atom. The zero-order chi connectivity index (χ0) is 22.0. The molecule has 0 saturated heterocycles. The molecule has 0 heterocycles. The van der Waals surface area contributed by atoms with Crippen molar-refractivity contribution in [2.45, 2.75) is 0 Å². The minimum atomic E-state index is -4.49. The van der Waals surface area contributed by atoms with Crippen LogP contribution in [0.2, 0.25) is 0 Å². The molecule has 0 amide bonds. The Morgan fingerprint density at radius 2 is 1.45 bits per heavy atom. The van der Waals surface area contributed by atoms with Gasteiger partial charge in [-0.3, -0.25) is 9.59 Å². The summed E-state index contributed by atoms with van der Waals surface area (Å²) >= 11 is 0. The van der Waals surface area contributed by atoms with Crippen molar-refractivity contribution in [2.75, 3.05) is 0 Å². The zero-order valence-electron chi connectivity index (χ0n) is 15.9. The largest absolute Gasteiger partial charge is 0.378 e. The molecule has 152 valence electrons. The molecule has 4 rings (SSSR count). The van der Waals surface area contributed by atoms with Gasteiger partial charge in [0.1, 0.15) is 4.91 Å². The molecule has 3 aromatic carbocycles. The SMILES string of the molecule is [N-]=[N+]=C1C=C(S(=O)(=O)Oc2ccccc2C(=O)c2ccccc2)c2ccccc2C1=O. The maximum atomic E-state index is 13.1. The van der Waals surface area contributed by atoms with Crippen molar-refractivity contribution in [3.63, 3.8) is 0 Å². The molecular formula is C23H14N2O5S. The fourth-order valence-electron chi connectivity index (χ4n) is 3.22. The van der Waals surface area contributed by atoms with E-state index in [1.165, 1.54) is 24.3 Å². The van der Waals surface area contributed by atoms with E-state index in [1.807, 2.05) is 0 Å². The first-order valence-corrected chi connectivity index (χ1v) is 10.5. The van der Waals surface area contributed by atoms with E-state index in [-0.39, 0.29) is 27.3 Å². The van der Waals surface area contributed by atoms with Gasteiger partial charge in [-0.15, -0.1) is 0 Å². The molecular weight excluding hydrogens is 416 g/mol. The number of carbonyl (C=O) groups excluding carboxylic acids is 2. The second-order valence-electron chi connectivity index (χ2n) is 6.60. The molecule has 0 aromatic heterocycles. The number of rotatable bonds is 5. The Kier molecular flexibility index (Phi) is 5.17. The van der Waals surface area contributed by atoms with Crippen LogP contribution in [-0.2, 0) is 10.1 Å². The average molecular weight is 430 g/mol. The summed E-state index contributed by atoms with van der Waals surface area (Å²) in [5, 5.41) is 0. The number of hydrogen-bond acceptors (Lipinski definition) is 5. The number of para-hydroxylation sites is 1. The predicted molar refractivity (Wildman–Crippen MR) is 113 cm³/mol. The maximum Gasteiger partial charge on any atom is 0.364 e. The lowest BCUT2D eigenvalue weighted by Gasteiger charge is -2.16. The third-order valence-electron chi connectivity index (χ3n) is 4.68. The molecule has 3 aromatic rings. The Morgan fingerprint density at radius 3 is 2.16 bits per heavy atom. The highest BCUT2D eigenvalue weighted by Gasteiger charge is 2.36. The normalized spacial score (nSPS) is 13.1. The standard InChI is InChI=1S/C23H14N2O5S/c24-25-19-14-21(16-10-4-5-11-17(16)23(19)27)31(28,29)30-20-13-7-6-12-18(20)22(26)15-8-2-1-3-9-15/h1-14H. The summed E-state index contributed by atoms with van der Waals surface area (Å²) in [6.07, 6.45) is 0.946. The third kappa shape index (κ3) is 3.73. The molecule has 0 aliphatic heterocycles. The molecule has 0 radical (unpaired) electrons. The highest BCUT2D eigenvalue weighted by Crippen LogP contribution is 2.32. The quantitative estimate of drug-likeness (QED) is 0.266. The van der Waals surface area contributed by atoms with Gasteiger partial charge in [0, 0.05) is 16.7 Å². The van der Waals surface area contributed by atoms with Gasteiger partial charge >= 0.3 is 15.8 Å². The van der Waals surface area contributed by atoms with Crippen LogP contribution in [0.15, 0.2) is 84.9 Å². The Bertz CT molecular complexity index is 1400. The van der Waals surface area contributed by atoms with Gasteiger partial charge in [0.15, 0.2) is 11.5 Å². The molecule has 0 saturated carbocycles. The molecule has 0 fully saturated rings. The summed E-state index contributed by atoms with van der Waals surface area (Å²) in [7, 11) is -4.49. The molecule has 8 heteroatoms. The summed E-state index contributed by atoms with van der Waals surface area (Å²) < 4.78 is 31.6. The van der Waals surface area contributed by atoms with E-state index in [1.54, 1.807) is 54.6 Å². The summed E-state index contributed by atoms with van der Waals surface area (Å²) in [6, 6.07) is 20.4. The highest BCUT2D eigenvalue weighted by molar-refractivity contribution is 7.96. The van der Waals surface area contributed by atoms with Crippen LogP contribution >= 0.6 is 0 Å². The van der Waals surface area contributed by atoms with Crippen LogP contribution in [0.3, 0.4) is 0 Å². The first-order valence-electron chi connectivity index (χ1n) is 9.13. The van der Waals surface area contributed by atoms with Crippen molar-refractivity contribution in [3.8, 4) is 5.75 Å². The number of carbonyl (C=O) groups is 2. The summed E-state index contributed by atoms with van der Waals surface area (Å²) in [6.45, 7) is 0. The smallest absolute Gasteiger partial charge is 0.364 e. The summed E-state index contributed by atoms with van der Waals surface area (Å²) in [4.78, 5) is 27.8. The van der Waals surface area contributed by atoms with Crippen molar-refractivity contribution in [1.29, 1.82) is 0 Å². The van der Waals surface area contributed by atoms with Gasteiger partial charge in [0.05, 0.1) is 11.6 Å². The third-order valence-corrected chi connectivity index (χ3v) is 5.96. The number of nitrogens with zero attached hydrogens (tertiary/aromatic N) is 2. The van der Waals surface area contributed by atoms with Crippen LogP contribution < -0.4 is 4.18 Å². The van der Waals surface area contributed by atoms with Gasteiger partial charge < -0.3 is 9.71 Å². The lowest BCUT2D eigenvalue weighted by Crippen LogP contribution is -2.24. The molecule has 0 spiro atoms. The van der Waals surface area contributed by atoms with E-state index in [0.29, 0.717) is 5.56 Å². The van der Waals surface area contributed by atoms with Gasteiger partial charge in [-0.1, -0.05) is 66.7 Å². The van der Waals surface area contributed by atoms with Crippen molar-refractivity contribution in [2.24, 2.45) is 0 Å².